The van der Waals surface area contributed by atoms with E-state index in [9.17, 15) is 9.65 Å². The summed E-state index contributed by atoms with van der Waals surface area (Å²) in [7, 11) is 0. The number of nitrogens with zero attached hydrogens (tertiary/aromatic N) is 6. The Hall–Kier alpha value is -3.99. The highest BCUT2D eigenvalue weighted by atomic mass is 19.1. The van der Waals surface area contributed by atoms with Crippen LogP contribution in [-0.4, -0.2) is 14.5 Å². The second-order valence-corrected chi connectivity index (χ2v) is 8.62. The molecule has 7 rings (SSSR count). The zero-order chi connectivity index (χ0) is 21.3. The molecule has 0 radical (unpaired) electrons. The molecule has 0 unspecified atom stereocenters. The van der Waals surface area contributed by atoms with Crippen LogP contribution >= 0.6 is 0 Å². The molecule has 148 valence electrons. The van der Waals surface area contributed by atoms with E-state index in [1.54, 1.807) is 6.20 Å². The van der Waals surface area contributed by atoms with Crippen molar-refractivity contribution in [3.8, 4) is 23.1 Å². The van der Waals surface area contributed by atoms with E-state index in [2.05, 4.69) is 34.5 Å². The molecule has 7 heterocycles. The van der Waals surface area contributed by atoms with Gasteiger partial charge in [-0.15, -0.1) is 4.57 Å². The number of imidazole rings is 1. The number of pyridine rings is 3. The van der Waals surface area contributed by atoms with Crippen molar-refractivity contribution in [2.24, 2.45) is 0 Å². The van der Waals surface area contributed by atoms with Gasteiger partial charge in [-0.3, -0.25) is 0 Å². The molecule has 0 aliphatic carbocycles. The lowest BCUT2D eigenvalue weighted by atomic mass is 9.80. The summed E-state index contributed by atoms with van der Waals surface area (Å²) in [4.78, 5) is 8.11. The van der Waals surface area contributed by atoms with Gasteiger partial charge in [-0.05, 0) is 26.0 Å². The molecule has 3 aliphatic heterocycles. The summed E-state index contributed by atoms with van der Waals surface area (Å²) in [6.07, 6.45) is 1.67. The molecule has 0 N–H and O–H groups in total. The van der Waals surface area contributed by atoms with Gasteiger partial charge >= 0.3 is 11.5 Å². The maximum absolute atomic E-state index is 15.2. The first-order valence-corrected chi connectivity index (χ1v) is 9.90. The minimum Gasteiger partial charge on any atom is -0.191 e. The van der Waals surface area contributed by atoms with Crippen LogP contribution in [0.15, 0.2) is 48.7 Å². The van der Waals surface area contributed by atoms with E-state index in [0.29, 0.717) is 17.1 Å². The van der Waals surface area contributed by atoms with Gasteiger partial charge in [-0.2, -0.15) is 33.1 Å². The highest BCUT2D eigenvalue weighted by Gasteiger charge is 2.74. The lowest BCUT2D eigenvalue weighted by Gasteiger charge is -2.33. The van der Waals surface area contributed by atoms with Crippen LogP contribution in [0.25, 0.3) is 17.1 Å². The fourth-order valence-corrected chi connectivity index (χ4v) is 5.70. The van der Waals surface area contributed by atoms with E-state index < -0.39 is 23.0 Å². The van der Waals surface area contributed by atoms with Crippen LogP contribution in [-0.2, 0) is 11.1 Å². The van der Waals surface area contributed by atoms with Crippen molar-refractivity contribution in [3.05, 3.63) is 89.0 Å². The van der Waals surface area contributed by atoms with E-state index in [1.165, 1.54) is 6.07 Å². The SMILES string of the molecule is CC1(C)c2cccc3[n+]2[C@]2(c4cc(F)nc(F)c4-3)c3nc(C#N)cn3-c3cccc1[n+]32. The molecular formula is C23H14F2N6+2. The molecule has 0 saturated carbocycles. The molecule has 0 saturated heterocycles. The highest BCUT2D eigenvalue weighted by molar-refractivity contribution is 5.67. The second kappa shape index (κ2) is 4.83. The van der Waals surface area contributed by atoms with Gasteiger partial charge in [-0.1, -0.05) is 6.07 Å². The first-order valence-electron chi connectivity index (χ1n) is 9.90. The number of fused-ring (bicyclic) bond motifs is 4. The van der Waals surface area contributed by atoms with E-state index in [0.717, 1.165) is 17.2 Å². The van der Waals surface area contributed by atoms with Crippen molar-refractivity contribution in [1.82, 2.24) is 14.5 Å². The minimum absolute atomic E-state index is 0.244. The summed E-state index contributed by atoms with van der Waals surface area (Å²) >= 11 is 0. The molecule has 3 aliphatic rings. The fraction of sp³-hybridized carbons (Fsp3) is 0.174. The van der Waals surface area contributed by atoms with Gasteiger partial charge in [0.15, 0.2) is 5.69 Å². The summed E-state index contributed by atoms with van der Waals surface area (Å²) in [5, 5.41) is 9.53. The normalized spacial score (nSPS) is 20.0. The third-order valence-corrected chi connectivity index (χ3v) is 6.84. The van der Waals surface area contributed by atoms with Gasteiger partial charge in [0.1, 0.15) is 34.5 Å². The van der Waals surface area contributed by atoms with Gasteiger partial charge in [0.25, 0.3) is 5.82 Å². The van der Waals surface area contributed by atoms with E-state index in [4.69, 9.17) is 0 Å². The summed E-state index contributed by atoms with van der Waals surface area (Å²) in [6.45, 7) is 4.23. The number of rotatable bonds is 0. The predicted molar refractivity (Wildman–Crippen MR) is 102 cm³/mol. The predicted octanol–water partition coefficient (Wildman–Crippen LogP) is 2.22. The molecule has 8 heteroatoms. The Morgan fingerprint density at radius 3 is 2.55 bits per heavy atom. The van der Waals surface area contributed by atoms with Gasteiger partial charge < -0.3 is 0 Å². The monoisotopic (exact) mass is 412 g/mol. The third kappa shape index (κ3) is 1.56. The maximum atomic E-state index is 15.2. The average Bonchev–Trinajstić information content (AvgIpc) is 3.37. The van der Waals surface area contributed by atoms with Crippen molar-refractivity contribution in [1.29, 1.82) is 5.26 Å². The zero-order valence-electron chi connectivity index (χ0n) is 16.6. The van der Waals surface area contributed by atoms with Crippen LogP contribution in [0, 0.1) is 23.2 Å². The molecule has 1 spiro atoms. The molecular weight excluding hydrogens is 398 g/mol. The molecule has 31 heavy (non-hydrogen) atoms. The quantitative estimate of drug-likeness (QED) is 0.284. The Labute approximate surface area is 175 Å². The number of hydrogen-bond acceptors (Lipinski definition) is 3. The van der Waals surface area contributed by atoms with Crippen LogP contribution in [0.4, 0.5) is 8.78 Å². The van der Waals surface area contributed by atoms with Crippen molar-refractivity contribution in [2.75, 3.05) is 0 Å². The van der Waals surface area contributed by atoms with Gasteiger partial charge in [0, 0.05) is 24.3 Å². The fourth-order valence-electron chi connectivity index (χ4n) is 5.70. The largest absolute Gasteiger partial charge is 0.419 e. The molecule has 6 nitrogen and oxygen atoms in total. The van der Waals surface area contributed by atoms with Gasteiger partial charge in [-0.25, -0.2) is 0 Å². The molecule has 0 fully saturated rings. The van der Waals surface area contributed by atoms with Crippen molar-refractivity contribution in [2.45, 2.75) is 24.9 Å². The number of halogens is 2. The summed E-state index contributed by atoms with van der Waals surface area (Å²) in [5.41, 5.74) is 1.87. The molecule has 0 amide bonds. The highest BCUT2D eigenvalue weighted by Crippen LogP contribution is 2.49. The van der Waals surface area contributed by atoms with Crippen LogP contribution in [0.2, 0.25) is 0 Å². The third-order valence-electron chi connectivity index (χ3n) is 6.84. The summed E-state index contributed by atoms with van der Waals surface area (Å²) < 4.78 is 35.7. The van der Waals surface area contributed by atoms with E-state index in [1.807, 2.05) is 45.5 Å². The minimum atomic E-state index is -1.15. The summed E-state index contributed by atoms with van der Waals surface area (Å²) in [6, 6.07) is 15.0. The first-order chi connectivity index (χ1) is 14.9. The van der Waals surface area contributed by atoms with Crippen molar-refractivity contribution >= 4 is 0 Å². The molecule has 4 aromatic heterocycles. The lowest BCUT2D eigenvalue weighted by Crippen LogP contribution is -2.79. The van der Waals surface area contributed by atoms with Crippen molar-refractivity contribution < 1.29 is 17.9 Å². The Kier molecular flexibility index (Phi) is 2.62. The Morgan fingerprint density at radius 1 is 1.03 bits per heavy atom. The van der Waals surface area contributed by atoms with Gasteiger partial charge in [0.2, 0.25) is 23.3 Å². The average molecular weight is 412 g/mol. The number of aromatic nitrogens is 5. The standard InChI is InChI=1S/C23H14F2N6/c1-22(2)15-6-3-5-14-19-13(9-17(24)28-20(19)25)23(30(14)15)21-27-12(10-26)11-29(21)18-8-4-7-16(22)31(18)23/h3-9,11H,1-2H3/q+2/t23-/m0/s1. The first kappa shape index (κ1) is 16.8. The van der Waals surface area contributed by atoms with Crippen LogP contribution < -0.4 is 9.13 Å². The Bertz CT molecular complexity index is 1560. The molecule has 0 aromatic carbocycles. The summed E-state index contributed by atoms with van der Waals surface area (Å²) in [5.74, 6) is -0.444. The van der Waals surface area contributed by atoms with Crippen LogP contribution in [0.5, 0.6) is 0 Å². The smallest absolute Gasteiger partial charge is 0.191 e. The number of nitriles is 1. The number of hydrogen-bond donors (Lipinski definition) is 0. The van der Waals surface area contributed by atoms with E-state index >= 15 is 4.39 Å². The Balaban J connectivity index is 1.82. The molecule has 4 aromatic rings. The second-order valence-electron chi connectivity index (χ2n) is 8.62. The zero-order valence-corrected chi connectivity index (χ0v) is 16.6. The van der Waals surface area contributed by atoms with Gasteiger partial charge in [0.05, 0.1) is 0 Å². The van der Waals surface area contributed by atoms with E-state index in [-0.39, 0.29) is 11.3 Å². The Morgan fingerprint density at radius 2 is 1.77 bits per heavy atom. The molecule has 1 atom stereocenters. The lowest BCUT2D eigenvalue weighted by molar-refractivity contribution is -0.973. The van der Waals surface area contributed by atoms with Crippen LogP contribution in [0.3, 0.4) is 0 Å². The van der Waals surface area contributed by atoms with Crippen LogP contribution in [0.1, 0.15) is 42.3 Å². The topological polar surface area (TPSA) is 62.3 Å². The van der Waals surface area contributed by atoms with Crippen molar-refractivity contribution in [3.63, 3.8) is 0 Å². The maximum Gasteiger partial charge on any atom is 0.419 e. The molecule has 0 bridgehead atoms.